The number of thiocarbonyl (C=S) groups is 1. The van der Waals surface area contributed by atoms with Crippen molar-refractivity contribution in [3.63, 3.8) is 0 Å². The first-order chi connectivity index (χ1) is 9.32. The summed E-state index contributed by atoms with van der Waals surface area (Å²) in [5.74, 6) is 0. The van der Waals surface area contributed by atoms with Gasteiger partial charge in [0.05, 0.1) is 17.7 Å². The van der Waals surface area contributed by atoms with Crippen LogP contribution in [0.4, 0.5) is 0 Å². The van der Waals surface area contributed by atoms with Crippen molar-refractivity contribution in [1.29, 1.82) is 0 Å². The fraction of sp³-hybridized carbons (Fsp3) is 0.417. The molecule has 0 radical (unpaired) electrons. The lowest BCUT2D eigenvalue weighted by molar-refractivity contribution is 0.0102. The van der Waals surface area contributed by atoms with Crippen LogP contribution in [0.15, 0.2) is 23.1 Å². The Morgan fingerprint density at radius 2 is 2.25 bits per heavy atom. The molecule has 0 amide bonds. The van der Waals surface area contributed by atoms with Crippen LogP contribution in [0.1, 0.15) is 12.5 Å². The largest absolute Gasteiger partial charge is 0.389 e. The standard InChI is InChI=1S/C12H15ClN2O3S2/c1-8-7-15(4-5-18-8)20(16,17)11-6-9(12(14)19)2-3-10(11)13/h2-3,6,8H,4-5,7H2,1H3,(H2,14,19). The number of ether oxygens (including phenoxy) is 1. The second-order valence-electron chi connectivity index (χ2n) is 4.55. The number of morpholine rings is 1. The van der Waals surface area contributed by atoms with Crippen LogP contribution in [0.25, 0.3) is 0 Å². The zero-order valence-electron chi connectivity index (χ0n) is 10.9. The summed E-state index contributed by atoms with van der Waals surface area (Å²) in [4.78, 5) is 0.159. The van der Waals surface area contributed by atoms with Gasteiger partial charge in [-0.05, 0) is 19.1 Å². The zero-order valence-corrected chi connectivity index (χ0v) is 13.3. The van der Waals surface area contributed by atoms with Crippen LogP contribution in [-0.2, 0) is 14.8 Å². The molecular weight excluding hydrogens is 320 g/mol. The van der Waals surface area contributed by atoms with Crippen molar-refractivity contribution in [3.05, 3.63) is 28.8 Å². The number of halogens is 1. The van der Waals surface area contributed by atoms with Gasteiger partial charge in [0.25, 0.3) is 0 Å². The third-order valence-corrected chi connectivity index (χ3v) is 5.62. The summed E-state index contributed by atoms with van der Waals surface area (Å²) < 4.78 is 32.0. The van der Waals surface area contributed by atoms with E-state index in [1.54, 1.807) is 6.07 Å². The van der Waals surface area contributed by atoms with E-state index in [1.807, 2.05) is 6.92 Å². The number of hydrogen-bond donors (Lipinski definition) is 1. The average Bonchev–Trinajstić information content (AvgIpc) is 2.38. The van der Waals surface area contributed by atoms with Crippen LogP contribution in [0.3, 0.4) is 0 Å². The number of rotatable bonds is 3. The summed E-state index contributed by atoms with van der Waals surface area (Å²) in [6, 6.07) is 4.51. The highest BCUT2D eigenvalue weighted by atomic mass is 35.5. The van der Waals surface area contributed by atoms with E-state index in [0.29, 0.717) is 25.3 Å². The van der Waals surface area contributed by atoms with Crippen LogP contribution in [0.5, 0.6) is 0 Å². The molecule has 5 nitrogen and oxygen atoms in total. The molecule has 110 valence electrons. The predicted octanol–water partition coefficient (Wildman–Crippen LogP) is 1.38. The van der Waals surface area contributed by atoms with E-state index in [4.69, 9.17) is 34.3 Å². The van der Waals surface area contributed by atoms with E-state index in [0.717, 1.165) is 0 Å². The van der Waals surface area contributed by atoms with Gasteiger partial charge in [0.1, 0.15) is 9.88 Å². The molecule has 1 saturated heterocycles. The van der Waals surface area contributed by atoms with Gasteiger partial charge in [-0.25, -0.2) is 8.42 Å². The van der Waals surface area contributed by atoms with Crippen molar-refractivity contribution in [2.24, 2.45) is 5.73 Å². The monoisotopic (exact) mass is 334 g/mol. The first kappa shape index (κ1) is 15.7. The van der Waals surface area contributed by atoms with Gasteiger partial charge >= 0.3 is 0 Å². The SMILES string of the molecule is CC1CN(S(=O)(=O)c2cc(C(N)=S)ccc2Cl)CCO1. The summed E-state index contributed by atoms with van der Waals surface area (Å²) >= 11 is 10.9. The Morgan fingerprint density at radius 1 is 1.55 bits per heavy atom. The average molecular weight is 335 g/mol. The fourth-order valence-corrected chi connectivity index (χ4v) is 4.12. The summed E-state index contributed by atoms with van der Waals surface area (Å²) in [6.07, 6.45) is -0.143. The maximum Gasteiger partial charge on any atom is 0.244 e. The van der Waals surface area contributed by atoms with E-state index in [-0.39, 0.29) is 21.0 Å². The molecule has 1 unspecified atom stereocenters. The van der Waals surface area contributed by atoms with Gasteiger partial charge in [-0.15, -0.1) is 0 Å². The Kier molecular flexibility index (Phi) is 4.66. The van der Waals surface area contributed by atoms with Crippen LogP contribution < -0.4 is 5.73 Å². The summed E-state index contributed by atoms with van der Waals surface area (Å²) in [7, 11) is -3.68. The minimum atomic E-state index is -3.68. The van der Waals surface area contributed by atoms with Crippen molar-refractivity contribution in [2.75, 3.05) is 19.7 Å². The highest BCUT2D eigenvalue weighted by molar-refractivity contribution is 7.89. The van der Waals surface area contributed by atoms with Crippen molar-refractivity contribution in [1.82, 2.24) is 4.31 Å². The van der Waals surface area contributed by atoms with Gasteiger partial charge in [0.2, 0.25) is 10.0 Å². The van der Waals surface area contributed by atoms with E-state index in [1.165, 1.54) is 16.4 Å². The van der Waals surface area contributed by atoms with Crippen LogP contribution in [0.2, 0.25) is 5.02 Å². The molecule has 1 aliphatic heterocycles. The van der Waals surface area contributed by atoms with Gasteiger partial charge in [0.15, 0.2) is 0 Å². The normalized spacial score (nSPS) is 20.8. The molecule has 2 rings (SSSR count). The Morgan fingerprint density at radius 3 is 2.85 bits per heavy atom. The van der Waals surface area contributed by atoms with Crippen molar-refractivity contribution >= 4 is 38.8 Å². The summed E-state index contributed by atoms with van der Waals surface area (Å²) in [5.41, 5.74) is 6.01. The first-order valence-corrected chi connectivity index (χ1v) is 8.26. The Balaban J connectivity index is 2.43. The molecule has 1 aromatic rings. The third kappa shape index (κ3) is 3.12. The van der Waals surface area contributed by atoms with Crippen LogP contribution >= 0.6 is 23.8 Å². The molecule has 1 atom stereocenters. The lowest BCUT2D eigenvalue weighted by Crippen LogP contribution is -2.44. The number of nitrogens with zero attached hydrogens (tertiary/aromatic N) is 1. The summed E-state index contributed by atoms with van der Waals surface area (Å²) in [6.45, 7) is 2.80. The predicted molar refractivity (Wildman–Crippen MR) is 81.5 cm³/mol. The van der Waals surface area contributed by atoms with Gasteiger partial charge in [0, 0.05) is 18.7 Å². The minimum absolute atomic E-state index is 0.0265. The molecule has 0 saturated carbocycles. The zero-order chi connectivity index (χ0) is 14.9. The molecule has 1 aliphatic rings. The molecule has 1 aromatic carbocycles. The maximum absolute atomic E-state index is 12.6. The molecule has 0 aromatic heterocycles. The molecule has 0 aliphatic carbocycles. The lowest BCUT2D eigenvalue weighted by Gasteiger charge is -2.30. The second kappa shape index (κ2) is 5.95. The van der Waals surface area contributed by atoms with Crippen molar-refractivity contribution in [2.45, 2.75) is 17.9 Å². The Hall–Kier alpha value is -0.730. The van der Waals surface area contributed by atoms with Gasteiger partial charge < -0.3 is 10.5 Å². The molecule has 8 heteroatoms. The summed E-state index contributed by atoms with van der Waals surface area (Å²) in [5, 5.41) is 0.157. The van der Waals surface area contributed by atoms with E-state index in [9.17, 15) is 8.42 Å². The quantitative estimate of drug-likeness (QED) is 0.845. The number of hydrogen-bond acceptors (Lipinski definition) is 4. The Labute approximate surface area is 128 Å². The third-order valence-electron chi connectivity index (χ3n) is 3.04. The second-order valence-corrected chi connectivity index (χ2v) is 7.31. The van der Waals surface area contributed by atoms with Gasteiger partial charge in [-0.3, -0.25) is 0 Å². The Bertz CT molecular complexity index is 634. The van der Waals surface area contributed by atoms with E-state index < -0.39 is 10.0 Å². The van der Waals surface area contributed by atoms with Crippen LogP contribution in [-0.4, -0.2) is 43.5 Å². The first-order valence-electron chi connectivity index (χ1n) is 6.03. The van der Waals surface area contributed by atoms with E-state index in [2.05, 4.69) is 0 Å². The molecule has 2 N–H and O–H groups in total. The molecule has 20 heavy (non-hydrogen) atoms. The van der Waals surface area contributed by atoms with Crippen LogP contribution in [0, 0.1) is 0 Å². The topological polar surface area (TPSA) is 72.6 Å². The number of sulfonamides is 1. The smallest absolute Gasteiger partial charge is 0.244 e. The lowest BCUT2D eigenvalue weighted by atomic mass is 10.2. The van der Waals surface area contributed by atoms with Crippen molar-refractivity contribution < 1.29 is 13.2 Å². The number of nitrogens with two attached hydrogens (primary N) is 1. The molecule has 1 heterocycles. The van der Waals surface area contributed by atoms with Crippen molar-refractivity contribution in [3.8, 4) is 0 Å². The van der Waals surface area contributed by atoms with E-state index >= 15 is 0 Å². The molecule has 1 fully saturated rings. The van der Waals surface area contributed by atoms with Gasteiger partial charge in [-0.1, -0.05) is 29.9 Å². The minimum Gasteiger partial charge on any atom is -0.389 e. The maximum atomic E-state index is 12.6. The molecule has 0 spiro atoms. The fourth-order valence-electron chi connectivity index (χ4n) is 2.00. The molecule has 0 bridgehead atoms. The number of benzene rings is 1. The highest BCUT2D eigenvalue weighted by Crippen LogP contribution is 2.27. The molecular formula is C12H15ClN2O3S2. The highest BCUT2D eigenvalue weighted by Gasteiger charge is 2.31. The van der Waals surface area contributed by atoms with Gasteiger partial charge in [-0.2, -0.15) is 4.31 Å².